The number of hydrogen-bond donors (Lipinski definition) is 5. The van der Waals surface area contributed by atoms with E-state index in [9.17, 15) is 59.1 Å². The number of nitrogens with one attached hydrogen (secondary N) is 4. The molecule has 3 saturated heterocycles. The number of piperazine rings is 2. The maximum atomic E-state index is 14.6. The number of aromatic nitrogens is 1. The van der Waals surface area contributed by atoms with Gasteiger partial charge in [0.2, 0.25) is 23.6 Å². The second-order valence-electron chi connectivity index (χ2n) is 29.3. The van der Waals surface area contributed by atoms with Crippen molar-refractivity contribution < 1.29 is 59.1 Å². The maximum Gasteiger partial charge on any atom is 0.501 e. The number of allylic oxidation sites excluding steroid dienone is 1. The number of sulfone groups is 1. The standard InChI is InChI=1S/C75H94ClF3N10O10S5/c1-49(51-13-15-53(16-14-51)68-50(2)80-48-102-68)81-71(94)64-41-59(90)45-89(64)72(95)69(73(3,4)5)83-66(91)11-9-8-10-12-67(92)88-38-32-85(33-39-88)31-28-57(46-101-60-29-40-100-47-60)82-63-26-25-61(42-65(63)103(96,97)75(77,78)79)104(98,99)84-70(93)54-19-23-58(24-20-54)87-36-34-86(35-37-87)44-55-43-74(6,7)30-27-62(55)52-17-21-56(76)22-18-52/h13-26,29,40,42,47-49,57,59,64,69,82,90H,8-12,27-28,30-39,41,43-46H2,1-7H3,(H,81,94)(H,83,91)(H,84,93)/t49-,57+,59+,64-,69+/m0/s1. The summed E-state index contributed by atoms with van der Waals surface area (Å²) in [6.07, 6.45) is 4.36. The summed E-state index contributed by atoms with van der Waals surface area (Å²) in [5.74, 6) is -2.08. The summed E-state index contributed by atoms with van der Waals surface area (Å²) >= 11 is 10.6. The smallest absolute Gasteiger partial charge is 0.391 e. The Kier molecular flexibility index (Phi) is 26.3. The third kappa shape index (κ3) is 20.6. The Labute approximate surface area is 625 Å². The molecule has 20 nitrogen and oxygen atoms in total. The molecule has 104 heavy (non-hydrogen) atoms. The van der Waals surface area contributed by atoms with Crippen molar-refractivity contribution in [3.8, 4) is 10.4 Å². The van der Waals surface area contributed by atoms with E-state index >= 15 is 0 Å². The number of unbranched alkanes of at least 4 members (excludes halogenated alkanes) is 2. The summed E-state index contributed by atoms with van der Waals surface area (Å²) < 4.78 is 100. The molecule has 5 N–H and O–H groups in total. The van der Waals surface area contributed by atoms with Crippen LogP contribution in [0.3, 0.4) is 0 Å². The molecule has 6 aromatic rings. The lowest BCUT2D eigenvalue weighted by Gasteiger charge is -2.39. The van der Waals surface area contributed by atoms with E-state index in [1.54, 1.807) is 33.9 Å². The number of alkyl halides is 3. The second-order valence-corrected chi connectivity index (χ2v) is 36.1. The zero-order chi connectivity index (χ0) is 74.9. The highest BCUT2D eigenvalue weighted by atomic mass is 35.5. The van der Waals surface area contributed by atoms with Crippen LogP contribution in [-0.4, -0.2) is 184 Å². The number of hydrogen-bond acceptors (Lipinski definition) is 18. The van der Waals surface area contributed by atoms with Crippen LogP contribution >= 0.6 is 46.0 Å². The summed E-state index contributed by atoms with van der Waals surface area (Å²) in [4.78, 5) is 82.6. The molecular weight excluding hydrogens is 1450 g/mol. The van der Waals surface area contributed by atoms with Gasteiger partial charge in [-0.05, 0) is 152 Å². The molecule has 10 rings (SSSR count). The molecule has 0 unspecified atom stereocenters. The Hall–Kier alpha value is -6.89. The van der Waals surface area contributed by atoms with Gasteiger partial charge in [-0.25, -0.2) is 26.5 Å². The Balaban J connectivity index is 0.684. The quantitative estimate of drug-likeness (QED) is 0.0226. The number of halogens is 4. The molecule has 1 aliphatic carbocycles. The first-order chi connectivity index (χ1) is 49.2. The van der Waals surface area contributed by atoms with Crippen molar-refractivity contribution in [2.75, 3.05) is 88.0 Å². The van der Waals surface area contributed by atoms with E-state index in [1.807, 2.05) is 92.6 Å². The number of thiazole rings is 1. The van der Waals surface area contributed by atoms with Crippen LogP contribution in [0.4, 0.5) is 24.5 Å². The first-order valence-electron chi connectivity index (χ1n) is 35.3. The number of sulfonamides is 1. The molecule has 5 amide bonds. The van der Waals surface area contributed by atoms with Crippen molar-refractivity contribution in [3.05, 3.63) is 146 Å². The van der Waals surface area contributed by atoms with E-state index < -0.39 is 94.3 Å². The molecule has 3 fully saturated rings. The predicted molar refractivity (Wildman–Crippen MR) is 405 cm³/mol. The van der Waals surface area contributed by atoms with Gasteiger partial charge in [0.05, 0.1) is 38.8 Å². The van der Waals surface area contributed by atoms with Crippen molar-refractivity contribution >= 4 is 112 Å². The van der Waals surface area contributed by atoms with Gasteiger partial charge < -0.3 is 35.8 Å². The lowest BCUT2D eigenvalue weighted by Crippen LogP contribution is -2.57. The number of nitrogens with zero attached hydrogens (tertiary/aromatic N) is 6. The summed E-state index contributed by atoms with van der Waals surface area (Å²) in [6.45, 7) is 19.8. The van der Waals surface area contributed by atoms with E-state index in [4.69, 9.17) is 11.6 Å². The number of β-amino-alcohol motifs (C(OH)–C–C–N with tert-alkyl or cyclic N) is 1. The highest BCUT2D eigenvalue weighted by Crippen LogP contribution is 2.44. The average molecular weight is 1550 g/mol. The number of carbonyl (C=O) groups excluding carboxylic acids is 5. The third-order valence-corrected chi connectivity index (χ3v) is 26.0. The van der Waals surface area contributed by atoms with Crippen LogP contribution in [0.5, 0.6) is 0 Å². The fraction of sp³-hybridized carbons (Fsp3) is 0.493. The first-order valence-corrected chi connectivity index (χ1v) is 41.4. The number of aryl methyl sites for hydroxylation is 1. The van der Waals surface area contributed by atoms with Crippen LogP contribution in [0.25, 0.3) is 16.0 Å². The zero-order valence-electron chi connectivity index (χ0n) is 59.8. The molecule has 0 bridgehead atoms. The van der Waals surface area contributed by atoms with E-state index in [1.165, 1.54) is 56.8 Å². The number of likely N-dealkylation sites (tertiary alicyclic amines) is 1. The zero-order valence-corrected chi connectivity index (χ0v) is 64.6. The van der Waals surface area contributed by atoms with E-state index in [2.05, 4.69) is 61.6 Å². The van der Waals surface area contributed by atoms with Crippen LogP contribution in [-0.2, 0) is 39.0 Å². The van der Waals surface area contributed by atoms with E-state index in [0.29, 0.717) is 82.6 Å². The highest BCUT2D eigenvalue weighted by Gasteiger charge is 2.49. The molecule has 4 aliphatic rings. The minimum absolute atomic E-state index is 0.0401. The van der Waals surface area contributed by atoms with E-state index in [-0.39, 0.29) is 54.4 Å². The van der Waals surface area contributed by atoms with Gasteiger partial charge in [0.25, 0.3) is 25.8 Å². The number of aliphatic hydroxyl groups excluding tert-OH is 1. The van der Waals surface area contributed by atoms with Crippen LogP contribution in [0.15, 0.2) is 134 Å². The number of aliphatic hydroxyl groups is 1. The topological polar surface area (TPSA) is 251 Å². The van der Waals surface area contributed by atoms with Crippen molar-refractivity contribution in [2.24, 2.45) is 10.8 Å². The molecule has 5 atom stereocenters. The van der Waals surface area contributed by atoms with Gasteiger partial charge in [-0.15, -0.1) is 23.1 Å². The van der Waals surface area contributed by atoms with Crippen molar-refractivity contribution in [2.45, 2.75) is 163 Å². The Bertz CT molecular complexity index is 4260. The number of anilines is 2. The number of benzene rings is 4. The fourth-order valence-electron chi connectivity index (χ4n) is 13.9. The van der Waals surface area contributed by atoms with Crippen molar-refractivity contribution in [3.63, 3.8) is 0 Å². The van der Waals surface area contributed by atoms with E-state index in [0.717, 1.165) is 83.3 Å². The lowest BCUT2D eigenvalue weighted by atomic mass is 9.73. The van der Waals surface area contributed by atoms with Crippen LogP contribution in [0, 0.1) is 17.8 Å². The van der Waals surface area contributed by atoms with Gasteiger partial charge in [-0.3, -0.25) is 33.8 Å². The summed E-state index contributed by atoms with van der Waals surface area (Å²) in [6, 6.07) is 23.5. The highest BCUT2D eigenvalue weighted by molar-refractivity contribution is 7.99. The Morgan fingerprint density at radius 3 is 2.13 bits per heavy atom. The van der Waals surface area contributed by atoms with Crippen molar-refractivity contribution in [1.82, 2.24) is 39.9 Å². The molecule has 0 radical (unpaired) electrons. The molecule has 4 aromatic carbocycles. The molecular formula is C75H94ClF3N10O10S5. The summed E-state index contributed by atoms with van der Waals surface area (Å²) in [5.41, 5.74) is 2.53. The maximum absolute atomic E-state index is 14.6. The van der Waals surface area contributed by atoms with Crippen LogP contribution < -0.4 is 25.6 Å². The second kappa shape index (κ2) is 34.3. The predicted octanol–water partition coefficient (Wildman–Crippen LogP) is 12.5. The number of rotatable bonds is 28. The molecule has 29 heteroatoms. The summed E-state index contributed by atoms with van der Waals surface area (Å²) in [5, 5.41) is 24.2. The van der Waals surface area contributed by atoms with Gasteiger partial charge in [-0.2, -0.15) is 24.5 Å². The number of amides is 5. The molecule has 5 heterocycles. The van der Waals surface area contributed by atoms with Crippen molar-refractivity contribution in [1.29, 1.82) is 0 Å². The van der Waals surface area contributed by atoms with Crippen LogP contribution in [0.1, 0.15) is 139 Å². The molecule has 2 aromatic heterocycles. The van der Waals surface area contributed by atoms with Crippen LogP contribution in [0.2, 0.25) is 5.02 Å². The number of thioether (sulfide) groups is 1. The normalized spacial score (nSPS) is 18.8. The Morgan fingerprint density at radius 1 is 0.817 bits per heavy atom. The number of carbonyl (C=O) groups is 5. The SMILES string of the molecule is Cc1ncsc1-c1ccc([C@H](C)NC(=O)[C@@H]2C[C@@H](O)CN2C(=O)[C@@H](NC(=O)CCCCCC(=O)N2CCN(CC[C@H](CSc3ccsc3)Nc3ccc(S(=O)(=O)NC(=O)c4ccc(N5CCN(CC6=C(c7ccc(Cl)cc7)CCC(C)(C)C6)CC5)cc4)cc3S(=O)(=O)C(F)(F)F)CC2)C(C)(C)C)cc1. The fourth-order valence-corrected chi connectivity index (χ4v) is 18.7. The van der Waals surface area contributed by atoms with Gasteiger partial charge >= 0.3 is 5.51 Å². The van der Waals surface area contributed by atoms with Gasteiger partial charge in [0.15, 0.2) is 0 Å². The molecule has 0 saturated carbocycles. The number of thiophene rings is 1. The Morgan fingerprint density at radius 2 is 1.49 bits per heavy atom. The largest absolute Gasteiger partial charge is 0.501 e. The lowest BCUT2D eigenvalue weighted by molar-refractivity contribution is -0.144. The van der Waals surface area contributed by atoms with Gasteiger partial charge in [0.1, 0.15) is 17.0 Å². The van der Waals surface area contributed by atoms with Gasteiger partial charge in [0, 0.05) is 130 Å². The summed E-state index contributed by atoms with van der Waals surface area (Å²) in [7, 11) is -11.1. The monoisotopic (exact) mass is 1550 g/mol. The average Bonchev–Trinajstić information content (AvgIpc) is 1.42. The third-order valence-electron chi connectivity index (χ3n) is 19.9. The van der Waals surface area contributed by atoms with Gasteiger partial charge in [-0.1, -0.05) is 94.6 Å². The molecule has 562 valence electrons. The minimum atomic E-state index is -6.17. The molecule has 3 aliphatic heterocycles. The minimum Gasteiger partial charge on any atom is -0.391 e. The molecule has 0 spiro atoms. The first kappa shape index (κ1) is 79.7.